The van der Waals surface area contributed by atoms with Gasteiger partial charge in [0.05, 0.1) is 0 Å². The molecule has 1 heterocycles. The van der Waals surface area contributed by atoms with Crippen LogP contribution in [0.15, 0.2) is 18.2 Å². The second-order valence-electron chi connectivity index (χ2n) is 3.22. The van der Waals surface area contributed by atoms with Crippen molar-refractivity contribution in [1.29, 1.82) is 0 Å². The van der Waals surface area contributed by atoms with Gasteiger partial charge >= 0.3 is 0 Å². The second-order valence-corrected chi connectivity index (χ2v) is 3.22. The summed E-state index contributed by atoms with van der Waals surface area (Å²) in [6.07, 6.45) is 1.15. The predicted molar refractivity (Wildman–Crippen MR) is 52.4 cm³/mol. The van der Waals surface area contributed by atoms with E-state index in [4.69, 9.17) is 5.73 Å². The molecule has 0 spiro atoms. The highest BCUT2D eigenvalue weighted by molar-refractivity contribution is 5.62. The number of rotatable bonds is 1. The predicted octanol–water partition coefficient (Wildman–Crippen LogP) is 1.65. The zero-order valence-electron chi connectivity index (χ0n) is 7.38. The molecule has 0 aromatic heterocycles. The average molecular weight is 162 g/mol. The Hall–Kier alpha value is -1.18. The molecule has 0 fully saturated rings. The summed E-state index contributed by atoms with van der Waals surface area (Å²) in [5.41, 5.74) is 9.35. The van der Waals surface area contributed by atoms with Gasteiger partial charge in [0.2, 0.25) is 0 Å². The molecular formula is C10H14N2. The summed E-state index contributed by atoms with van der Waals surface area (Å²) >= 11 is 0. The quantitative estimate of drug-likeness (QED) is 0.636. The average Bonchev–Trinajstić information content (AvgIpc) is 2.46. The molecule has 0 saturated carbocycles. The number of nitrogen functional groups attached to an aromatic ring is 1. The third-order valence-electron chi connectivity index (χ3n) is 2.48. The highest BCUT2D eigenvalue weighted by Crippen LogP contribution is 2.28. The van der Waals surface area contributed by atoms with Crippen LogP contribution in [0.4, 0.5) is 11.4 Å². The molecule has 2 N–H and O–H groups in total. The zero-order valence-corrected chi connectivity index (χ0v) is 7.38. The first kappa shape index (κ1) is 7.47. The number of hydrogen-bond acceptors (Lipinski definition) is 2. The van der Waals surface area contributed by atoms with Crippen LogP contribution in [0.5, 0.6) is 0 Å². The molecule has 2 rings (SSSR count). The van der Waals surface area contributed by atoms with Crippen LogP contribution in [0.3, 0.4) is 0 Å². The van der Waals surface area contributed by atoms with Crippen LogP contribution in [0, 0.1) is 0 Å². The number of likely N-dealkylation sites (N-methyl/N-ethyl adjacent to an activating group) is 1. The van der Waals surface area contributed by atoms with E-state index in [0.29, 0.717) is 0 Å². The van der Waals surface area contributed by atoms with E-state index in [1.165, 1.54) is 11.3 Å². The molecule has 12 heavy (non-hydrogen) atoms. The number of hydrogen-bond donors (Lipinski definition) is 1. The molecule has 0 bridgehead atoms. The standard InChI is InChI=1S/C10H14N2/c1-2-12-6-5-8-7-9(11)3-4-10(8)12/h3-4,7H,2,5-6,11H2,1H3. The van der Waals surface area contributed by atoms with Crippen molar-refractivity contribution in [2.75, 3.05) is 23.7 Å². The molecule has 64 valence electrons. The fourth-order valence-electron chi connectivity index (χ4n) is 1.82. The summed E-state index contributed by atoms with van der Waals surface area (Å²) in [4.78, 5) is 2.38. The minimum atomic E-state index is 0.881. The minimum Gasteiger partial charge on any atom is -0.399 e. The summed E-state index contributed by atoms with van der Waals surface area (Å²) in [7, 11) is 0. The molecule has 0 unspecified atom stereocenters. The first-order valence-corrected chi connectivity index (χ1v) is 4.44. The van der Waals surface area contributed by atoms with Crippen LogP contribution in [0.2, 0.25) is 0 Å². The van der Waals surface area contributed by atoms with Crippen molar-refractivity contribution in [3.63, 3.8) is 0 Å². The van der Waals surface area contributed by atoms with Crippen LogP contribution in [0.25, 0.3) is 0 Å². The lowest BCUT2D eigenvalue weighted by molar-refractivity contribution is 0.868. The van der Waals surface area contributed by atoms with E-state index in [0.717, 1.165) is 25.2 Å². The molecule has 1 aromatic carbocycles. The molecule has 0 aliphatic carbocycles. The van der Waals surface area contributed by atoms with E-state index in [-0.39, 0.29) is 0 Å². The maximum absolute atomic E-state index is 5.70. The molecule has 2 nitrogen and oxygen atoms in total. The molecular weight excluding hydrogens is 148 g/mol. The van der Waals surface area contributed by atoms with Crippen LogP contribution >= 0.6 is 0 Å². The van der Waals surface area contributed by atoms with E-state index in [2.05, 4.69) is 24.0 Å². The van der Waals surface area contributed by atoms with Crippen molar-refractivity contribution in [3.8, 4) is 0 Å². The van der Waals surface area contributed by atoms with Gasteiger partial charge in [0.1, 0.15) is 0 Å². The maximum atomic E-state index is 5.70. The maximum Gasteiger partial charge on any atom is 0.0400 e. The lowest BCUT2D eigenvalue weighted by Gasteiger charge is -2.16. The summed E-state index contributed by atoms with van der Waals surface area (Å²) in [6.45, 7) is 4.43. The smallest absolute Gasteiger partial charge is 0.0400 e. The summed E-state index contributed by atoms with van der Waals surface area (Å²) in [6, 6.07) is 6.19. The van der Waals surface area contributed by atoms with Gasteiger partial charge in [-0.3, -0.25) is 0 Å². The van der Waals surface area contributed by atoms with Crippen LogP contribution in [0.1, 0.15) is 12.5 Å². The van der Waals surface area contributed by atoms with E-state index in [1.54, 1.807) is 0 Å². The summed E-state index contributed by atoms with van der Waals surface area (Å²) in [5, 5.41) is 0. The second kappa shape index (κ2) is 2.70. The van der Waals surface area contributed by atoms with Crippen molar-refractivity contribution >= 4 is 11.4 Å². The van der Waals surface area contributed by atoms with Gasteiger partial charge in [-0.15, -0.1) is 0 Å². The molecule has 2 heteroatoms. The van der Waals surface area contributed by atoms with Gasteiger partial charge in [0.15, 0.2) is 0 Å². The Morgan fingerprint density at radius 3 is 3.08 bits per heavy atom. The number of nitrogens with zero attached hydrogens (tertiary/aromatic N) is 1. The van der Waals surface area contributed by atoms with Crippen molar-refractivity contribution < 1.29 is 0 Å². The van der Waals surface area contributed by atoms with Gasteiger partial charge in [-0.1, -0.05) is 0 Å². The van der Waals surface area contributed by atoms with Crippen molar-refractivity contribution in [3.05, 3.63) is 23.8 Å². The molecule has 1 aliphatic heterocycles. The molecule has 0 saturated heterocycles. The lowest BCUT2D eigenvalue weighted by Crippen LogP contribution is -2.18. The van der Waals surface area contributed by atoms with Gasteiger partial charge in [0, 0.05) is 24.5 Å². The van der Waals surface area contributed by atoms with Crippen molar-refractivity contribution in [2.45, 2.75) is 13.3 Å². The SMILES string of the molecule is CCN1CCc2cc(N)ccc21. The molecule has 0 radical (unpaired) electrons. The summed E-state index contributed by atoms with van der Waals surface area (Å²) < 4.78 is 0. The van der Waals surface area contributed by atoms with E-state index < -0.39 is 0 Å². The topological polar surface area (TPSA) is 29.3 Å². The Balaban J connectivity index is 2.40. The fraction of sp³-hybridized carbons (Fsp3) is 0.400. The van der Waals surface area contributed by atoms with Crippen LogP contribution < -0.4 is 10.6 Å². The molecule has 0 amide bonds. The van der Waals surface area contributed by atoms with Gasteiger partial charge in [-0.05, 0) is 37.1 Å². The number of benzene rings is 1. The zero-order chi connectivity index (χ0) is 8.55. The Morgan fingerprint density at radius 2 is 2.33 bits per heavy atom. The molecule has 1 aliphatic rings. The van der Waals surface area contributed by atoms with E-state index in [1.807, 2.05) is 6.07 Å². The van der Waals surface area contributed by atoms with Crippen LogP contribution in [-0.2, 0) is 6.42 Å². The summed E-state index contributed by atoms with van der Waals surface area (Å²) in [5.74, 6) is 0. The molecule has 0 atom stereocenters. The third-order valence-corrected chi connectivity index (χ3v) is 2.48. The first-order chi connectivity index (χ1) is 5.81. The van der Waals surface area contributed by atoms with E-state index >= 15 is 0 Å². The monoisotopic (exact) mass is 162 g/mol. The van der Waals surface area contributed by atoms with E-state index in [9.17, 15) is 0 Å². The Labute approximate surface area is 73.0 Å². The fourth-order valence-corrected chi connectivity index (χ4v) is 1.82. The first-order valence-electron chi connectivity index (χ1n) is 4.44. The van der Waals surface area contributed by atoms with Gasteiger partial charge in [-0.25, -0.2) is 0 Å². The normalized spacial score (nSPS) is 14.9. The largest absolute Gasteiger partial charge is 0.399 e. The highest BCUT2D eigenvalue weighted by Gasteiger charge is 2.16. The van der Waals surface area contributed by atoms with Crippen molar-refractivity contribution in [1.82, 2.24) is 0 Å². The highest BCUT2D eigenvalue weighted by atomic mass is 15.1. The number of anilines is 2. The third kappa shape index (κ3) is 1.04. The lowest BCUT2D eigenvalue weighted by atomic mass is 10.1. The Kier molecular flexibility index (Phi) is 1.68. The van der Waals surface area contributed by atoms with Gasteiger partial charge in [-0.2, -0.15) is 0 Å². The van der Waals surface area contributed by atoms with Crippen LogP contribution in [-0.4, -0.2) is 13.1 Å². The minimum absolute atomic E-state index is 0.881. The van der Waals surface area contributed by atoms with Gasteiger partial charge < -0.3 is 10.6 Å². The van der Waals surface area contributed by atoms with Crippen molar-refractivity contribution in [2.24, 2.45) is 0 Å². The van der Waals surface area contributed by atoms with Gasteiger partial charge in [0.25, 0.3) is 0 Å². The number of fused-ring (bicyclic) bond motifs is 1. The molecule has 1 aromatic rings. The number of nitrogens with two attached hydrogens (primary N) is 1. The Morgan fingerprint density at radius 1 is 1.50 bits per heavy atom. The Bertz CT molecular complexity index is 294.